The van der Waals surface area contributed by atoms with Crippen LogP contribution in [0.15, 0.2) is 42.5 Å². The Bertz CT molecular complexity index is 3430. The molecule has 578 valence electrons. The van der Waals surface area contributed by atoms with Gasteiger partial charge in [-0.05, 0) is 138 Å². The molecule has 5 aliphatic rings. The van der Waals surface area contributed by atoms with Crippen molar-refractivity contribution in [1.29, 1.82) is 0 Å². The van der Waals surface area contributed by atoms with Crippen molar-refractivity contribution in [3.05, 3.63) is 69.7 Å². The van der Waals surface area contributed by atoms with Gasteiger partial charge in [-0.1, -0.05) is 97.0 Å². The summed E-state index contributed by atoms with van der Waals surface area (Å²) in [5.74, 6) is -9.28. The number of hydrogen-bond donors (Lipinski definition) is 5. The number of aliphatic hydroxyl groups excluding tert-OH is 1. The van der Waals surface area contributed by atoms with E-state index in [1.54, 1.807) is 25.7 Å². The van der Waals surface area contributed by atoms with E-state index in [1.807, 2.05) is 20.8 Å². The van der Waals surface area contributed by atoms with Crippen molar-refractivity contribution in [3.63, 3.8) is 0 Å². The van der Waals surface area contributed by atoms with Crippen molar-refractivity contribution in [2.24, 2.45) is 17.8 Å². The molecule has 4 saturated heterocycles. The summed E-state index contributed by atoms with van der Waals surface area (Å²) in [6.45, 7) is 12.2. The van der Waals surface area contributed by atoms with Crippen LogP contribution in [0.4, 0.5) is 26.3 Å². The van der Waals surface area contributed by atoms with Crippen molar-refractivity contribution >= 4 is 76.6 Å². The molecular formula is C73H105ClF6N12O12. The van der Waals surface area contributed by atoms with Crippen LogP contribution in [0.2, 0.25) is 5.02 Å². The monoisotopic (exact) mass is 1490 g/mol. The molecule has 0 bridgehead atoms. The van der Waals surface area contributed by atoms with Gasteiger partial charge < -0.3 is 60.7 Å². The number of likely N-dealkylation sites (tertiary alicyclic amines) is 1. The van der Waals surface area contributed by atoms with Gasteiger partial charge in [0, 0.05) is 60.8 Å². The number of aliphatic hydroxyl groups is 1. The highest BCUT2D eigenvalue weighted by atomic mass is 35.5. The number of benzene rings is 2. The zero-order valence-electron chi connectivity index (χ0n) is 61.8. The number of aryl methyl sites for hydroxylation is 1. The van der Waals surface area contributed by atoms with E-state index >= 15 is 19.2 Å². The lowest BCUT2D eigenvalue weighted by molar-refractivity contribution is -0.157. The Hall–Kier alpha value is -7.60. The van der Waals surface area contributed by atoms with E-state index in [0.717, 1.165) is 52.3 Å². The summed E-state index contributed by atoms with van der Waals surface area (Å²) in [7, 11) is 6.81. The van der Waals surface area contributed by atoms with Crippen LogP contribution in [-0.2, 0) is 77.9 Å². The first-order valence-corrected chi connectivity index (χ1v) is 36.7. The van der Waals surface area contributed by atoms with Gasteiger partial charge in [0.25, 0.3) is 0 Å². The zero-order valence-corrected chi connectivity index (χ0v) is 62.5. The maximum absolute atomic E-state index is 15.5. The highest BCUT2D eigenvalue weighted by Gasteiger charge is 2.52. The molecule has 2 aromatic carbocycles. The maximum atomic E-state index is 15.5. The van der Waals surface area contributed by atoms with Crippen LogP contribution in [0.3, 0.4) is 0 Å². The minimum absolute atomic E-state index is 0.00672. The average Bonchev–Trinajstić information content (AvgIpc) is 1.80. The first-order valence-electron chi connectivity index (χ1n) is 36.3. The lowest BCUT2D eigenvalue weighted by Crippen LogP contribution is -2.67. The zero-order chi connectivity index (χ0) is 77.2. The van der Waals surface area contributed by atoms with Crippen LogP contribution < -0.4 is 21.3 Å². The molecule has 1 spiro atoms. The molecule has 12 atom stereocenters. The van der Waals surface area contributed by atoms with Crippen LogP contribution in [0.25, 0.3) is 0 Å². The van der Waals surface area contributed by atoms with Gasteiger partial charge in [0.15, 0.2) is 0 Å². The number of hydrogen-bond acceptors (Lipinski definition) is 13. The standard InChI is InChI=1S/C73H105ClF6N12O12/c1-13-43(5)59-63(97)81-45(7)64(98)92-37-31-54(92)67(101)87(10)55(39-47-22-26-48(27-23-47)72(75,76)77)66(100)85(8)41-57(93)82-51(29-25-46-24-28-49(50(74)38-46)73(78,79)80)65(99)91-36-19-20-53(91)62(96)84-71(32-15-16-33-71)70(104)89(12)60(44(6)14-2)69(103)88(11)56(68(102)90-34-17-18-35-90)40-58(94)86(9)52(61(95)83-59)30-21-42(3)4/h22-24,26-28,38,42-45,51-56,59-60,70,104H,13-21,25,29-37,39-41H2,1-12H3,(H,81,97)(H,82,93)(H,83,95)(H,84,96)/t43-,44-,45-,51-,52-,53-,54-,55-,56-,59-,60-,70?/m0/s1. The second kappa shape index (κ2) is 35.7. The molecule has 4 aliphatic heterocycles. The third kappa shape index (κ3) is 19.9. The van der Waals surface area contributed by atoms with Gasteiger partial charge >= 0.3 is 12.4 Å². The number of fused-ring (bicyclic) bond motifs is 2. The minimum Gasteiger partial charge on any atom is -0.376 e. The number of carbonyl (C=O) groups is 11. The second-order valence-corrected chi connectivity index (χ2v) is 30.0. The number of alkyl halides is 6. The van der Waals surface area contributed by atoms with E-state index in [4.69, 9.17) is 11.6 Å². The van der Waals surface area contributed by atoms with Crippen LogP contribution in [-0.4, -0.2) is 243 Å². The lowest BCUT2D eigenvalue weighted by atomic mass is 9.89. The number of halogens is 7. The molecule has 7 rings (SSSR count). The van der Waals surface area contributed by atoms with Crippen molar-refractivity contribution in [2.45, 2.75) is 236 Å². The van der Waals surface area contributed by atoms with Gasteiger partial charge in [-0.15, -0.1) is 0 Å². The molecule has 31 heteroatoms. The third-order valence-electron chi connectivity index (χ3n) is 21.9. The highest BCUT2D eigenvalue weighted by Crippen LogP contribution is 2.39. The molecule has 1 aliphatic carbocycles. The number of amides is 11. The Morgan fingerprint density at radius 3 is 1.82 bits per heavy atom. The minimum atomic E-state index is -4.81. The smallest absolute Gasteiger partial charge is 0.376 e. The van der Waals surface area contributed by atoms with Gasteiger partial charge in [-0.2, -0.15) is 26.3 Å². The van der Waals surface area contributed by atoms with Gasteiger partial charge in [0.2, 0.25) is 65.0 Å². The summed E-state index contributed by atoms with van der Waals surface area (Å²) in [6, 6.07) is -5.21. The molecule has 1 unspecified atom stereocenters. The summed E-state index contributed by atoms with van der Waals surface area (Å²) in [6.07, 6.45) is -8.11. The van der Waals surface area contributed by atoms with E-state index in [9.17, 15) is 65.0 Å². The lowest BCUT2D eigenvalue weighted by Gasteiger charge is -2.45. The van der Waals surface area contributed by atoms with Crippen molar-refractivity contribution in [3.8, 4) is 0 Å². The summed E-state index contributed by atoms with van der Waals surface area (Å²) in [5, 5.41) is 23.5. The van der Waals surface area contributed by atoms with Gasteiger partial charge in [0.05, 0.1) is 40.7 Å². The molecule has 4 heterocycles. The fourth-order valence-corrected chi connectivity index (χ4v) is 15.2. The molecule has 2 aromatic rings. The highest BCUT2D eigenvalue weighted by molar-refractivity contribution is 6.31. The third-order valence-corrected chi connectivity index (χ3v) is 22.2. The first-order chi connectivity index (χ1) is 48.8. The molecule has 1 saturated carbocycles. The summed E-state index contributed by atoms with van der Waals surface area (Å²) < 4.78 is 83.2. The van der Waals surface area contributed by atoms with Crippen LogP contribution in [0.5, 0.6) is 0 Å². The Balaban J connectivity index is 1.30. The van der Waals surface area contributed by atoms with Crippen LogP contribution in [0, 0.1) is 17.8 Å². The fourth-order valence-electron chi connectivity index (χ4n) is 14.8. The van der Waals surface area contributed by atoms with E-state index in [1.165, 1.54) is 66.7 Å². The number of likely N-dealkylation sites (N-methyl/N-ethyl adjacent to an activating group) is 5. The quantitative estimate of drug-likeness (QED) is 0.141. The normalized spacial score (nSPS) is 27.2. The van der Waals surface area contributed by atoms with Crippen molar-refractivity contribution in [2.75, 3.05) is 68.0 Å². The molecule has 104 heavy (non-hydrogen) atoms. The fraction of sp³-hybridized carbons (Fsp3) is 0.685. The van der Waals surface area contributed by atoms with E-state index < -0.39 is 191 Å². The Kier molecular flexibility index (Phi) is 28.7. The molecular weight excluding hydrogens is 1390 g/mol. The predicted molar refractivity (Wildman–Crippen MR) is 374 cm³/mol. The number of rotatable bonds is 13. The molecule has 5 fully saturated rings. The van der Waals surface area contributed by atoms with E-state index in [0.29, 0.717) is 58.0 Å². The maximum Gasteiger partial charge on any atom is 0.417 e. The van der Waals surface area contributed by atoms with Gasteiger partial charge in [-0.25, -0.2) is 0 Å². The van der Waals surface area contributed by atoms with Crippen molar-refractivity contribution in [1.82, 2.24) is 60.5 Å². The first kappa shape index (κ1) is 83.7. The largest absolute Gasteiger partial charge is 0.417 e. The summed E-state index contributed by atoms with van der Waals surface area (Å²) >= 11 is 6.13. The Morgan fingerprint density at radius 1 is 0.635 bits per heavy atom. The Morgan fingerprint density at radius 2 is 1.25 bits per heavy atom. The van der Waals surface area contributed by atoms with Crippen LogP contribution >= 0.6 is 11.6 Å². The molecule has 24 nitrogen and oxygen atoms in total. The molecule has 0 radical (unpaired) electrons. The number of carbonyl (C=O) groups excluding carboxylic acids is 11. The van der Waals surface area contributed by atoms with Crippen molar-refractivity contribution < 1.29 is 84.2 Å². The van der Waals surface area contributed by atoms with Crippen LogP contribution in [0.1, 0.15) is 167 Å². The molecule has 11 amide bonds. The van der Waals surface area contributed by atoms with Gasteiger partial charge in [-0.3, -0.25) is 57.6 Å². The van der Waals surface area contributed by atoms with Gasteiger partial charge in [0.1, 0.15) is 54.6 Å². The van der Waals surface area contributed by atoms with E-state index in [-0.39, 0.29) is 81.5 Å². The number of nitrogens with zero attached hydrogens (tertiary/aromatic N) is 8. The average molecular weight is 1490 g/mol. The number of nitrogens with one attached hydrogen (secondary N) is 4. The predicted octanol–water partition coefficient (Wildman–Crippen LogP) is 6.16. The Labute approximate surface area is 610 Å². The topological polar surface area (TPSA) is 282 Å². The summed E-state index contributed by atoms with van der Waals surface area (Å²) in [5.41, 5.74) is -3.18. The van der Waals surface area contributed by atoms with E-state index in [2.05, 4.69) is 21.3 Å². The molecule has 5 N–H and O–H groups in total. The summed E-state index contributed by atoms with van der Waals surface area (Å²) in [4.78, 5) is 174. The second-order valence-electron chi connectivity index (χ2n) is 29.6. The molecule has 0 aromatic heterocycles. The SMILES string of the molecule is CC[C@H](C)[C@@H]1NC(=O)[C@H](CCC(C)C)N(C)C(=O)C[C@@H](C(=O)N2CCCC2)N(C)C(=O)[C@H]([C@@H](C)CC)N(C)C(O)C2(CCCC2)NC(=O)[C@@H]2CCCN2C(=O)[C@H](CCc2ccc(C(F)(F)F)c(Cl)c2)NC(=O)CN(C)C(=O)[C@H](Cc2ccc(C(F)(F)F)cc2)N(C)C(=O)[C@@H]2CCN2C(=O)[C@H](C)NC1=O.